The van der Waals surface area contributed by atoms with Crippen LogP contribution in [0.4, 0.5) is 5.95 Å². The van der Waals surface area contributed by atoms with E-state index in [1.807, 2.05) is 0 Å². The molecular formula is C26H47N5O6Si2. The Labute approximate surface area is 233 Å². The number of carbonyl (C=O) groups is 1. The van der Waals surface area contributed by atoms with Gasteiger partial charge in [-0.15, -0.1) is 0 Å². The number of nitrogen functional groups attached to an aromatic ring is 1. The van der Waals surface area contributed by atoms with E-state index in [2.05, 4.69) is 77.7 Å². The third kappa shape index (κ3) is 6.81. The Balaban J connectivity index is 1.92. The molecule has 0 saturated carbocycles. The van der Waals surface area contributed by atoms with Gasteiger partial charge >= 0.3 is 5.97 Å². The van der Waals surface area contributed by atoms with E-state index in [1.54, 1.807) is 10.9 Å². The van der Waals surface area contributed by atoms with Crippen molar-refractivity contribution in [3.8, 4) is 0 Å². The van der Waals surface area contributed by atoms with Gasteiger partial charge in [-0.2, -0.15) is 4.98 Å². The third-order valence-corrected chi connectivity index (χ3v) is 17.6. The van der Waals surface area contributed by atoms with E-state index in [9.17, 15) is 9.59 Å². The Morgan fingerprint density at radius 3 is 2.33 bits per heavy atom. The van der Waals surface area contributed by atoms with Gasteiger partial charge in [-0.3, -0.25) is 18.7 Å². The molecule has 1 saturated heterocycles. The van der Waals surface area contributed by atoms with Crippen LogP contribution in [0.5, 0.6) is 0 Å². The summed E-state index contributed by atoms with van der Waals surface area (Å²) in [5, 5.41) is 9.02. The summed E-state index contributed by atoms with van der Waals surface area (Å²) in [5.74, 6) is -0.913. The van der Waals surface area contributed by atoms with Crippen LogP contribution in [0.2, 0.25) is 36.3 Å². The van der Waals surface area contributed by atoms with Crippen molar-refractivity contribution in [2.75, 3.05) is 12.3 Å². The molecule has 13 heteroatoms. The maximum atomic E-state index is 13.1. The van der Waals surface area contributed by atoms with E-state index in [4.69, 9.17) is 24.4 Å². The highest BCUT2D eigenvalue weighted by Crippen LogP contribution is 2.42. The predicted molar refractivity (Wildman–Crippen MR) is 157 cm³/mol. The normalized spacial score (nSPS) is 21.1. The van der Waals surface area contributed by atoms with Crippen molar-refractivity contribution in [3.63, 3.8) is 0 Å². The molecule has 1 fully saturated rings. The van der Waals surface area contributed by atoms with Crippen LogP contribution >= 0.6 is 0 Å². The van der Waals surface area contributed by atoms with Crippen molar-refractivity contribution in [3.05, 3.63) is 16.7 Å². The lowest BCUT2D eigenvalue weighted by Gasteiger charge is -2.40. The molecule has 3 rings (SSSR count). The van der Waals surface area contributed by atoms with Gasteiger partial charge in [-0.05, 0) is 42.7 Å². The Kier molecular flexibility index (Phi) is 8.93. The fraction of sp³-hybridized carbons (Fsp3) is 0.769. The average molecular weight is 582 g/mol. The summed E-state index contributed by atoms with van der Waals surface area (Å²) >= 11 is 0. The molecule has 0 amide bonds. The Morgan fingerprint density at radius 2 is 1.77 bits per heavy atom. The monoisotopic (exact) mass is 581 g/mol. The number of nitrogens with zero attached hydrogens (tertiary/aromatic N) is 4. The molecule has 0 bridgehead atoms. The van der Waals surface area contributed by atoms with Gasteiger partial charge < -0.3 is 24.4 Å². The fourth-order valence-electron chi connectivity index (χ4n) is 4.04. The molecule has 0 aromatic carbocycles. The van der Waals surface area contributed by atoms with Crippen LogP contribution in [-0.2, 0) is 24.9 Å². The Bertz CT molecular complexity index is 1240. The molecule has 0 aliphatic carbocycles. The number of imidazole rings is 1. The minimum atomic E-state index is -2.12. The van der Waals surface area contributed by atoms with E-state index in [0.29, 0.717) is 18.7 Å². The Hall–Kier alpha value is -2.07. The van der Waals surface area contributed by atoms with Gasteiger partial charge in [0.1, 0.15) is 12.3 Å². The summed E-state index contributed by atoms with van der Waals surface area (Å²) < 4.78 is 23.0. The summed E-state index contributed by atoms with van der Waals surface area (Å²) in [7, 11) is -4.14. The van der Waals surface area contributed by atoms with Gasteiger partial charge in [0.05, 0.1) is 19.0 Å². The highest BCUT2D eigenvalue weighted by atomic mass is 28.4. The van der Waals surface area contributed by atoms with Gasteiger partial charge in [0.25, 0.3) is 5.56 Å². The highest BCUT2D eigenvalue weighted by molar-refractivity contribution is 6.74. The molecular weight excluding hydrogens is 534 g/mol. The predicted octanol–water partition coefficient (Wildman–Crippen LogP) is 4.74. The number of carboxylic acids is 1. The lowest BCUT2D eigenvalue weighted by molar-refractivity contribution is -0.137. The number of ether oxygens (including phenoxy) is 1. The van der Waals surface area contributed by atoms with Crippen molar-refractivity contribution in [1.82, 2.24) is 19.1 Å². The van der Waals surface area contributed by atoms with Crippen LogP contribution in [-0.4, -0.2) is 65.6 Å². The number of nitrogens with two attached hydrogens (primary N) is 1. The van der Waals surface area contributed by atoms with Gasteiger partial charge in [0.2, 0.25) is 5.95 Å². The fourth-order valence-corrected chi connectivity index (χ4v) is 6.41. The molecule has 11 nitrogen and oxygen atoms in total. The number of hydrogen-bond donors (Lipinski definition) is 2. The summed E-state index contributed by atoms with van der Waals surface area (Å²) in [5.41, 5.74) is 6.26. The highest BCUT2D eigenvalue weighted by Gasteiger charge is 2.47. The number of aliphatic carboxylic acids is 1. The molecule has 39 heavy (non-hydrogen) atoms. The molecule has 1 aliphatic rings. The van der Waals surface area contributed by atoms with Crippen molar-refractivity contribution in [2.24, 2.45) is 0 Å². The lowest BCUT2D eigenvalue weighted by atomic mass is 10.2. The minimum Gasteiger partial charge on any atom is -0.481 e. The number of fused-ring (bicyclic) bond motifs is 1. The van der Waals surface area contributed by atoms with Crippen LogP contribution in [0.1, 0.15) is 67.0 Å². The molecule has 1 aliphatic heterocycles. The number of rotatable bonds is 10. The maximum absolute atomic E-state index is 13.1. The van der Waals surface area contributed by atoms with Gasteiger partial charge in [0, 0.05) is 19.4 Å². The third-order valence-electron chi connectivity index (χ3n) is 8.64. The van der Waals surface area contributed by atoms with Crippen molar-refractivity contribution in [2.45, 2.75) is 122 Å². The average Bonchev–Trinajstić information content (AvgIpc) is 3.36. The van der Waals surface area contributed by atoms with Crippen molar-refractivity contribution >= 4 is 39.7 Å². The SMILES string of the molecule is CC(C)(C)[Si](C)(C)OC[C@H]1O[C@@H](n2cnc3c(=O)n(CCCC(=O)O)c(N)nc32)C[C@@H]1O[Si](C)(C)C(C)(C)C. The second-order valence-electron chi connectivity index (χ2n) is 13.6. The van der Waals surface area contributed by atoms with E-state index in [-0.39, 0.29) is 53.1 Å². The van der Waals surface area contributed by atoms with E-state index in [0.717, 1.165) is 0 Å². The second kappa shape index (κ2) is 11.1. The molecule has 3 atom stereocenters. The quantitative estimate of drug-likeness (QED) is 0.380. The molecule has 0 radical (unpaired) electrons. The smallest absolute Gasteiger partial charge is 0.303 e. The largest absolute Gasteiger partial charge is 0.481 e. The molecule has 220 valence electrons. The first-order chi connectivity index (χ1) is 17.7. The van der Waals surface area contributed by atoms with Crippen molar-refractivity contribution in [1.29, 1.82) is 0 Å². The zero-order valence-electron chi connectivity index (χ0n) is 25.2. The van der Waals surface area contributed by atoms with Crippen molar-refractivity contribution < 1.29 is 23.5 Å². The molecule has 2 aromatic heterocycles. The zero-order chi connectivity index (χ0) is 29.6. The van der Waals surface area contributed by atoms with Crippen LogP contribution in [0.25, 0.3) is 11.2 Å². The van der Waals surface area contributed by atoms with Crippen LogP contribution in [0.3, 0.4) is 0 Å². The number of hydrogen-bond acceptors (Lipinski definition) is 8. The summed E-state index contributed by atoms with van der Waals surface area (Å²) in [6, 6.07) is 0. The van der Waals surface area contributed by atoms with E-state index < -0.39 is 34.4 Å². The maximum Gasteiger partial charge on any atom is 0.303 e. The molecule has 0 unspecified atom stereocenters. The topological polar surface area (TPSA) is 144 Å². The molecule has 0 spiro atoms. The Morgan fingerprint density at radius 1 is 1.15 bits per heavy atom. The first-order valence-corrected chi connectivity index (χ1v) is 19.5. The summed E-state index contributed by atoms with van der Waals surface area (Å²) in [4.78, 5) is 32.8. The zero-order valence-corrected chi connectivity index (χ0v) is 27.2. The molecule has 3 heterocycles. The second-order valence-corrected chi connectivity index (χ2v) is 23.2. The van der Waals surface area contributed by atoms with Crippen LogP contribution in [0, 0.1) is 0 Å². The van der Waals surface area contributed by atoms with E-state index >= 15 is 0 Å². The van der Waals surface area contributed by atoms with Crippen LogP contribution in [0.15, 0.2) is 11.1 Å². The first-order valence-electron chi connectivity index (χ1n) is 13.7. The first kappa shape index (κ1) is 31.5. The number of anilines is 1. The number of aromatic nitrogens is 4. The molecule has 3 N–H and O–H groups in total. The summed E-state index contributed by atoms with van der Waals surface area (Å²) in [6.07, 6.45) is 1.39. The standard InChI is InChI=1S/C26H47N5O6Si2/c1-25(2,3)38(7,8)35-15-18-17(37-39(9,10)26(4,5)6)14-19(36-18)31-16-28-21-22(31)29-24(27)30(23(21)34)13-11-12-20(32)33/h16-19H,11-15H2,1-10H3,(H2,27,29)(H,32,33)/t17-,18+,19+/m0/s1. The number of carboxylic acid groups (broad SMARTS) is 1. The van der Waals surface area contributed by atoms with Gasteiger partial charge in [-0.1, -0.05) is 41.5 Å². The van der Waals surface area contributed by atoms with E-state index in [1.165, 1.54) is 4.57 Å². The minimum absolute atomic E-state index is 0.0181. The summed E-state index contributed by atoms with van der Waals surface area (Å²) in [6.45, 7) is 22.8. The molecule has 2 aromatic rings. The van der Waals surface area contributed by atoms with Gasteiger partial charge in [0.15, 0.2) is 27.8 Å². The van der Waals surface area contributed by atoms with Gasteiger partial charge in [-0.25, -0.2) is 4.98 Å². The lowest BCUT2D eigenvalue weighted by Crippen LogP contribution is -2.48. The van der Waals surface area contributed by atoms with Crippen LogP contribution < -0.4 is 11.3 Å².